The molecule has 25 heavy (non-hydrogen) atoms. The number of fused-ring (bicyclic) bond motifs is 1. The van der Waals surface area contributed by atoms with Gasteiger partial charge in [0.2, 0.25) is 6.54 Å². The van der Waals surface area contributed by atoms with Crippen molar-refractivity contribution in [3.05, 3.63) is 76.6 Å². The van der Waals surface area contributed by atoms with Gasteiger partial charge in [0.1, 0.15) is 0 Å². The molecule has 1 aromatic heterocycles. The molecule has 0 spiro atoms. The van der Waals surface area contributed by atoms with Crippen LogP contribution in [0.5, 0.6) is 0 Å². The molecule has 0 atom stereocenters. The van der Waals surface area contributed by atoms with Crippen LogP contribution in [0, 0.1) is 17.0 Å². The monoisotopic (exact) mass is 357 g/mol. The van der Waals surface area contributed by atoms with Gasteiger partial charge in [-0.05, 0) is 24.4 Å². The van der Waals surface area contributed by atoms with E-state index in [1.54, 1.807) is 23.6 Å². The lowest BCUT2D eigenvalue weighted by atomic mass is 10.1. The molecule has 0 aliphatic rings. The van der Waals surface area contributed by atoms with Crippen molar-refractivity contribution in [3.63, 3.8) is 0 Å². The second kappa shape index (κ2) is 7.72. The normalized spacial score (nSPS) is 10.1. The molecule has 2 aromatic carbocycles. The van der Waals surface area contributed by atoms with E-state index in [0.29, 0.717) is 11.3 Å². The number of halogens is 1. The number of hydrogen-bond donors (Lipinski definition) is 1. The van der Waals surface area contributed by atoms with Gasteiger partial charge in [0.15, 0.2) is 12.4 Å². The predicted molar refractivity (Wildman–Crippen MR) is 90.6 cm³/mol. The van der Waals surface area contributed by atoms with Crippen molar-refractivity contribution >= 4 is 28.1 Å². The maximum Gasteiger partial charge on any atom is 0.290 e. The van der Waals surface area contributed by atoms with E-state index in [1.807, 2.05) is 42.7 Å². The SMILES string of the molecule is Cc1c(NC(=O)C[n+]2ccc3ccccc3c2)cccc1[N+](=O)[O-].[Cl-]. The van der Waals surface area contributed by atoms with E-state index in [0.717, 1.165) is 10.8 Å². The van der Waals surface area contributed by atoms with Crippen LogP contribution in [0.1, 0.15) is 5.56 Å². The van der Waals surface area contributed by atoms with Gasteiger partial charge in [-0.2, -0.15) is 4.57 Å². The van der Waals surface area contributed by atoms with Crippen LogP contribution in [0.4, 0.5) is 11.4 Å². The van der Waals surface area contributed by atoms with E-state index in [4.69, 9.17) is 0 Å². The smallest absolute Gasteiger partial charge is 0.290 e. The first-order valence-corrected chi connectivity index (χ1v) is 7.46. The zero-order valence-corrected chi connectivity index (χ0v) is 14.2. The van der Waals surface area contributed by atoms with Crippen LogP contribution < -0.4 is 22.3 Å². The molecule has 3 aromatic rings. The molecule has 1 amide bonds. The van der Waals surface area contributed by atoms with Gasteiger partial charge in [-0.15, -0.1) is 0 Å². The van der Waals surface area contributed by atoms with Gasteiger partial charge in [0, 0.05) is 17.5 Å². The fourth-order valence-corrected chi connectivity index (χ4v) is 2.59. The van der Waals surface area contributed by atoms with E-state index in [-0.39, 0.29) is 30.5 Å². The molecule has 0 fully saturated rings. The maximum atomic E-state index is 12.2. The molecule has 0 radical (unpaired) electrons. The Labute approximate surface area is 150 Å². The van der Waals surface area contributed by atoms with Crippen LogP contribution in [0.15, 0.2) is 60.9 Å². The Morgan fingerprint density at radius 3 is 2.56 bits per heavy atom. The highest BCUT2D eigenvalue weighted by molar-refractivity contribution is 5.91. The van der Waals surface area contributed by atoms with Crippen molar-refractivity contribution in [3.8, 4) is 0 Å². The van der Waals surface area contributed by atoms with Crippen LogP contribution in [0.25, 0.3) is 10.8 Å². The molecule has 3 rings (SSSR count). The summed E-state index contributed by atoms with van der Waals surface area (Å²) in [5, 5.41) is 15.8. The van der Waals surface area contributed by atoms with Gasteiger partial charge in [0.25, 0.3) is 11.6 Å². The third-order valence-electron chi connectivity index (χ3n) is 3.85. The minimum Gasteiger partial charge on any atom is -1.00 e. The number of nitro benzene ring substituents is 1. The number of rotatable bonds is 4. The van der Waals surface area contributed by atoms with Gasteiger partial charge >= 0.3 is 0 Å². The number of pyridine rings is 1. The fraction of sp³-hybridized carbons (Fsp3) is 0.111. The van der Waals surface area contributed by atoms with E-state index < -0.39 is 4.92 Å². The molecule has 0 bridgehead atoms. The summed E-state index contributed by atoms with van der Waals surface area (Å²) in [6, 6.07) is 14.5. The topological polar surface area (TPSA) is 76.1 Å². The number of hydrogen-bond acceptors (Lipinski definition) is 3. The predicted octanol–water partition coefficient (Wildman–Crippen LogP) is -0.0134. The van der Waals surface area contributed by atoms with Crippen LogP contribution in [-0.4, -0.2) is 10.8 Å². The molecule has 6 nitrogen and oxygen atoms in total. The van der Waals surface area contributed by atoms with Crippen molar-refractivity contribution < 1.29 is 26.7 Å². The summed E-state index contributed by atoms with van der Waals surface area (Å²) >= 11 is 0. The molecular formula is C18H16ClN3O3. The van der Waals surface area contributed by atoms with E-state index in [9.17, 15) is 14.9 Å². The maximum absolute atomic E-state index is 12.2. The molecule has 1 heterocycles. The molecule has 7 heteroatoms. The molecule has 1 N–H and O–H groups in total. The highest BCUT2D eigenvalue weighted by Crippen LogP contribution is 2.24. The van der Waals surface area contributed by atoms with Gasteiger partial charge in [-0.3, -0.25) is 14.9 Å². The Kier molecular flexibility index (Phi) is 5.67. The molecule has 0 saturated carbocycles. The van der Waals surface area contributed by atoms with Crippen LogP contribution in [-0.2, 0) is 11.3 Å². The zero-order valence-electron chi connectivity index (χ0n) is 13.5. The number of carbonyl (C=O) groups excluding carboxylic acids is 1. The standard InChI is InChI=1S/C18H15N3O3.ClH/c1-13-16(7-4-8-17(13)21(23)24)19-18(22)12-20-10-9-14-5-2-3-6-15(14)11-20;/h2-11H,12H2,1H3;1H. The third kappa shape index (κ3) is 4.10. The van der Waals surface area contributed by atoms with Crippen LogP contribution in [0.2, 0.25) is 0 Å². The Bertz CT molecular complexity index is 944. The molecule has 0 aliphatic heterocycles. The number of amides is 1. The summed E-state index contributed by atoms with van der Waals surface area (Å²) in [6.45, 7) is 1.75. The van der Waals surface area contributed by atoms with Crippen molar-refractivity contribution in [2.24, 2.45) is 0 Å². The molecule has 0 saturated heterocycles. The molecule has 128 valence electrons. The Morgan fingerprint density at radius 1 is 1.12 bits per heavy atom. The Hall–Kier alpha value is -2.99. The van der Waals surface area contributed by atoms with Crippen molar-refractivity contribution in [2.45, 2.75) is 13.5 Å². The lowest BCUT2D eigenvalue weighted by Gasteiger charge is -2.07. The summed E-state index contributed by atoms with van der Waals surface area (Å²) in [5.41, 5.74) is 0.890. The third-order valence-corrected chi connectivity index (χ3v) is 3.85. The summed E-state index contributed by atoms with van der Waals surface area (Å²) in [4.78, 5) is 22.8. The van der Waals surface area contributed by atoms with Gasteiger partial charge in [-0.25, -0.2) is 0 Å². The largest absolute Gasteiger partial charge is 1.00 e. The molecule has 0 unspecified atom stereocenters. The van der Waals surface area contributed by atoms with Crippen molar-refractivity contribution in [1.29, 1.82) is 0 Å². The summed E-state index contributed by atoms with van der Waals surface area (Å²) in [6.07, 6.45) is 3.73. The highest BCUT2D eigenvalue weighted by atomic mass is 35.5. The average molecular weight is 358 g/mol. The van der Waals surface area contributed by atoms with Crippen LogP contribution >= 0.6 is 0 Å². The number of carbonyl (C=O) groups is 1. The van der Waals surface area contributed by atoms with E-state index >= 15 is 0 Å². The number of nitro groups is 1. The van der Waals surface area contributed by atoms with Gasteiger partial charge in [0.05, 0.1) is 16.2 Å². The number of benzene rings is 2. The first-order valence-electron chi connectivity index (χ1n) is 7.46. The number of nitrogens with zero attached hydrogens (tertiary/aromatic N) is 2. The van der Waals surface area contributed by atoms with Gasteiger partial charge < -0.3 is 17.7 Å². The lowest BCUT2D eigenvalue weighted by Crippen LogP contribution is -3.00. The van der Waals surface area contributed by atoms with Crippen molar-refractivity contribution in [1.82, 2.24) is 0 Å². The minimum absolute atomic E-state index is 0. The second-order valence-electron chi connectivity index (χ2n) is 5.50. The Morgan fingerprint density at radius 2 is 1.84 bits per heavy atom. The Balaban J connectivity index is 0.00000225. The quantitative estimate of drug-likeness (QED) is 0.405. The second-order valence-corrected chi connectivity index (χ2v) is 5.50. The number of anilines is 1. The van der Waals surface area contributed by atoms with E-state index in [1.165, 1.54) is 6.07 Å². The number of aromatic nitrogens is 1. The minimum atomic E-state index is -0.455. The fourth-order valence-electron chi connectivity index (χ4n) is 2.59. The van der Waals surface area contributed by atoms with Gasteiger partial charge in [-0.1, -0.05) is 24.3 Å². The van der Waals surface area contributed by atoms with Crippen molar-refractivity contribution in [2.75, 3.05) is 5.32 Å². The van der Waals surface area contributed by atoms with Crippen LogP contribution in [0.3, 0.4) is 0 Å². The summed E-state index contributed by atoms with van der Waals surface area (Å²) < 4.78 is 1.78. The highest BCUT2D eigenvalue weighted by Gasteiger charge is 2.16. The van der Waals surface area contributed by atoms with E-state index in [2.05, 4.69) is 5.32 Å². The number of nitrogens with one attached hydrogen (secondary N) is 1. The first-order chi connectivity index (χ1) is 11.5. The lowest BCUT2D eigenvalue weighted by molar-refractivity contribution is -0.682. The molecular weight excluding hydrogens is 342 g/mol. The summed E-state index contributed by atoms with van der Waals surface area (Å²) in [7, 11) is 0. The average Bonchev–Trinajstić information content (AvgIpc) is 2.56. The zero-order chi connectivity index (χ0) is 17.1. The first kappa shape index (κ1) is 18.4. The summed E-state index contributed by atoms with van der Waals surface area (Å²) in [5.74, 6) is -0.237. The molecule has 0 aliphatic carbocycles.